The fourth-order valence-corrected chi connectivity index (χ4v) is 3.02. The summed E-state index contributed by atoms with van der Waals surface area (Å²) in [6.45, 7) is 0.214. The summed E-state index contributed by atoms with van der Waals surface area (Å²) >= 11 is 7.91. The maximum Gasteiger partial charge on any atom is 0.0592 e. The van der Waals surface area contributed by atoms with Gasteiger partial charge in [0.1, 0.15) is 0 Å². The first-order valence-electron chi connectivity index (χ1n) is 5.97. The molecular formula is C13H18ClNOS. The average molecular weight is 272 g/mol. The van der Waals surface area contributed by atoms with Crippen LogP contribution in [0.4, 0.5) is 0 Å². The van der Waals surface area contributed by atoms with Crippen molar-refractivity contribution in [2.24, 2.45) is 0 Å². The highest BCUT2D eigenvalue weighted by Gasteiger charge is 2.23. The first kappa shape index (κ1) is 13.2. The molecule has 94 valence electrons. The molecule has 0 bridgehead atoms. The summed E-state index contributed by atoms with van der Waals surface area (Å²) in [6, 6.07) is 8.79. The van der Waals surface area contributed by atoms with E-state index < -0.39 is 0 Å². The first-order chi connectivity index (χ1) is 8.29. The van der Waals surface area contributed by atoms with Crippen LogP contribution in [-0.2, 0) is 5.75 Å². The van der Waals surface area contributed by atoms with Gasteiger partial charge in [0.15, 0.2) is 0 Å². The van der Waals surface area contributed by atoms with Crippen molar-refractivity contribution in [3.63, 3.8) is 0 Å². The zero-order valence-electron chi connectivity index (χ0n) is 9.73. The lowest BCUT2D eigenvalue weighted by atomic mass is 10.2. The van der Waals surface area contributed by atoms with E-state index in [0.29, 0.717) is 6.04 Å². The van der Waals surface area contributed by atoms with Crippen molar-refractivity contribution >= 4 is 23.4 Å². The van der Waals surface area contributed by atoms with E-state index in [1.807, 2.05) is 30.0 Å². The van der Waals surface area contributed by atoms with Crippen molar-refractivity contribution in [2.75, 3.05) is 12.4 Å². The van der Waals surface area contributed by atoms with Crippen molar-refractivity contribution in [2.45, 2.75) is 30.7 Å². The lowest BCUT2D eigenvalue weighted by Crippen LogP contribution is -2.36. The fraction of sp³-hybridized carbons (Fsp3) is 0.538. The minimum Gasteiger partial charge on any atom is -0.395 e. The molecular weight excluding hydrogens is 254 g/mol. The van der Waals surface area contributed by atoms with E-state index in [0.717, 1.165) is 16.5 Å². The Morgan fingerprint density at radius 2 is 2.18 bits per heavy atom. The summed E-state index contributed by atoms with van der Waals surface area (Å²) in [5.41, 5.74) is 1.17. The van der Waals surface area contributed by atoms with Gasteiger partial charge in [0.25, 0.3) is 0 Å². The molecule has 4 heteroatoms. The largest absolute Gasteiger partial charge is 0.395 e. The number of halogens is 1. The van der Waals surface area contributed by atoms with Gasteiger partial charge >= 0.3 is 0 Å². The van der Waals surface area contributed by atoms with Gasteiger partial charge in [-0.05, 0) is 24.5 Å². The second-order valence-corrected chi connectivity index (χ2v) is 5.86. The lowest BCUT2D eigenvalue weighted by molar-refractivity contribution is 0.253. The van der Waals surface area contributed by atoms with E-state index in [2.05, 4.69) is 11.4 Å². The molecule has 17 heavy (non-hydrogen) atoms. The van der Waals surface area contributed by atoms with Gasteiger partial charge < -0.3 is 10.4 Å². The molecule has 0 aliphatic heterocycles. The minimum absolute atomic E-state index is 0.214. The Hall–Kier alpha value is -0.220. The number of hydrogen-bond donors (Lipinski definition) is 2. The highest BCUT2D eigenvalue weighted by atomic mass is 35.5. The van der Waals surface area contributed by atoms with E-state index in [1.165, 1.54) is 18.4 Å². The van der Waals surface area contributed by atoms with Gasteiger partial charge in [0.2, 0.25) is 0 Å². The van der Waals surface area contributed by atoms with Crippen molar-refractivity contribution in [1.82, 2.24) is 5.32 Å². The third-order valence-corrected chi connectivity index (χ3v) is 4.33. The highest BCUT2D eigenvalue weighted by molar-refractivity contribution is 7.98. The third-order valence-electron chi connectivity index (χ3n) is 2.80. The smallest absolute Gasteiger partial charge is 0.0592 e. The molecule has 1 aliphatic carbocycles. The van der Waals surface area contributed by atoms with E-state index in [9.17, 15) is 5.11 Å². The molecule has 0 saturated heterocycles. The van der Waals surface area contributed by atoms with Crippen LogP contribution in [0.25, 0.3) is 0 Å². The molecule has 0 aromatic heterocycles. The summed E-state index contributed by atoms with van der Waals surface area (Å²) in [5, 5.41) is 13.5. The molecule has 1 saturated carbocycles. The van der Waals surface area contributed by atoms with Crippen molar-refractivity contribution < 1.29 is 5.11 Å². The predicted molar refractivity (Wildman–Crippen MR) is 74.6 cm³/mol. The van der Waals surface area contributed by atoms with Gasteiger partial charge in [-0.25, -0.2) is 0 Å². The minimum atomic E-state index is 0.214. The molecule has 2 rings (SSSR count). The van der Waals surface area contributed by atoms with Crippen LogP contribution in [0.15, 0.2) is 24.3 Å². The molecule has 1 unspecified atom stereocenters. The molecule has 1 fully saturated rings. The topological polar surface area (TPSA) is 32.3 Å². The molecule has 1 aromatic carbocycles. The quantitative estimate of drug-likeness (QED) is 0.800. The third kappa shape index (κ3) is 4.51. The summed E-state index contributed by atoms with van der Waals surface area (Å²) in [4.78, 5) is 0. The molecule has 0 spiro atoms. The molecule has 0 amide bonds. The van der Waals surface area contributed by atoms with Gasteiger partial charge in [-0.2, -0.15) is 11.8 Å². The van der Waals surface area contributed by atoms with Gasteiger partial charge in [-0.1, -0.05) is 29.8 Å². The van der Waals surface area contributed by atoms with Crippen LogP contribution in [0.2, 0.25) is 5.02 Å². The van der Waals surface area contributed by atoms with Crippen LogP contribution in [0.1, 0.15) is 18.4 Å². The van der Waals surface area contributed by atoms with Crippen molar-refractivity contribution in [3.05, 3.63) is 34.9 Å². The average Bonchev–Trinajstić information content (AvgIpc) is 3.14. The molecule has 0 radical (unpaired) electrons. The van der Waals surface area contributed by atoms with Gasteiger partial charge in [0, 0.05) is 28.6 Å². The highest BCUT2D eigenvalue weighted by Crippen LogP contribution is 2.23. The number of thioether (sulfide) groups is 1. The molecule has 0 heterocycles. The Labute approximate surface area is 112 Å². The number of aliphatic hydroxyl groups is 1. The Bertz CT molecular complexity index is 357. The molecule has 1 aliphatic rings. The van der Waals surface area contributed by atoms with Crippen LogP contribution >= 0.6 is 23.4 Å². The lowest BCUT2D eigenvalue weighted by Gasteiger charge is -2.15. The maximum atomic E-state index is 9.25. The summed E-state index contributed by atoms with van der Waals surface area (Å²) in [5.74, 6) is 1.83. The molecule has 1 atom stereocenters. The van der Waals surface area contributed by atoms with E-state index in [-0.39, 0.29) is 12.6 Å². The Morgan fingerprint density at radius 1 is 1.41 bits per heavy atom. The zero-order chi connectivity index (χ0) is 12.1. The van der Waals surface area contributed by atoms with E-state index >= 15 is 0 Å². The Morgan fingerprint density at radius 3 is 2.82 bits per heavy atom. The normalized spacial score (nSPS) is 17.1. The summed E-state index contributed by atoms with van der Waals surface area (Å²) in [7, 11) is 0. The van der Waals surface area contributed by atoms with Gasteiger partial charge in [-0.3, -0.25) is 0 Å². The number of hydrogen-bond acceptors (Lipinski definition) is 3. The van der Waals surface area contributed by atoms with Crippen LogP contribution < -0.4 is 5.32 Å². The van der Waals surface area contributed by atoms with Gasteiger partial charge in [-0.15, -0.1) is 0 Å². The second kappa shape index (κ2) is 6.64. The standard InChI is InChI=1S/C13H18ClNOS/c14-13-4-2-1-3-10(13)8-17-9-12(7-16)15-11-5-6-11/h1-4,11-12,15-16H,5-9H2. The summed E-state index contributed by atoms with van der Waals surface area (Å²) in [6.07, 6.45) is 2.51. The monoisotopic (exact) mass is 271 g/mol. The van der Waals surface area contributed by atoms with Gasteiger partial charge in [0.05, 0.1) is 6.61 Å². The zero-order valence-corrected chi connectivity index (χ0v) is 11.3. The molecule has 2 nitrogen and oxygen atoms in total. The Kier molecular flexibility index (Phi) is 5.16. The number of rotatable bonds is 7. The second-order valence-electron chi connectivity index (χ2n) is 4.43. The van der Waals surface area contributed by atoms with Crippen LogP contribution in [0, 0.1) is 0 Å². The van der Waals surface area contributed by atoms with Crippen LogP contribution in [-0.4, -0.2) is 29.5 Å². The SMILES string of the molecule is OCC(CSCc1ccccc1Cl)NC1CC1. The van der Waals surface area contributed by atoms with Crippen LogP contribution in [0.5, 0.6) is 0 Å². The number of aliphatic hydroxyl groups excluding tert-OH is 1. The fourth-order valence-electron chi connectivity index (χ4n) is 1.66. The predicted octanol–water partition coefficient (Wildman–Crippen LogP) is 2.69. The Balaban J connectivity index is 1.72. The van der Waals surface area contributed by atoms with E-state index in [1.54, 1.807) is 0 Å². The summed E-state index contributed by atoms with van der Waals surface area (Å²) < 4.78 is 0. The van der Waals surface area contributed by atoms with Crippen molar-refractivity contribution in [3.8, 4) is 0 Å². The van der Waals surface area contributed by atoms with E-state index in [4.69, 9.17) is 11.6 Å². The number of benzene rings is 1. The van der Waals surface area contributed by atoms with Crippen molar-refractivity contribution in [1.29, 1.82) is 0 Å². The number of nitrogens with one attached hydrogen (secondary N) is 1. The first-order valence-corrected chi connectivity index (χ1v) is 7.51. The maximum absolute atomic E-state index is 9.25. The molecule has 1 aromatic rings. The molecule has 2 N–H and O–H groups in total. The van der Waals surface area contributed by atoms with Crippen LogP contribution in [0.3, 0.4) is 0 Å².